The first-order valence-corrected chi connectivity index (χ1v) is 5.79. The van der Waals surface area contributed by atoms with E-state index in [2.05, 4.69) is 15.6 Å². The van der Waals surface area contributed by atoms with Gasteiger partial charge in [-0.2, -0.15) is 0 Å². The summed E-state index contributed by atoms with van der Waals surface area (Å²) in [7, 11) is 1.62. The van der Waals surface area contributed by atoms with Gasteiger partial charge in [-0.05, 0) is 19.5 Å². The van der Waals surface area contributed by atoms with Gasteiger partial charge < -0.3 is 15.4 Å². The maximum Gasteiger partial charge on any atom is 0.169 e. The van der Waals surface area contributed by atoms with Crippen molar-refractivity contribution in [3.05, 3.63) is 23.6 Å². The highest BCUT2D eigenvalue weighted by Crippen LogP contribution is 2.14. The lowest BCUT2D eigenvalue weighted by molar-refractivity contribution is 0.128. The Balaban J connectivity index is 2.65. The van der Waals surface area contributed by atoms with Gasteiger partial charge in [-0.1, -0.05) is 6.92 Å². The van der Waals surface area contributed by atoms with Gasteiger partial charge in [-0.15, -0.1) is 0 Å². The van der Waals surface area contributed by atoms with E-state index < -0.39 is 0 Å². The maximum absolute atomic E-state index is 13.9. The number of rotatable bonds is 7. The van der Waals surface area contributed by atoms with Crippen molar-refractivity contribution >= 4 is 5.82 Å². The van der Waals surface area contributed by atoms with E-state index in [0.717, 1.165) is 6.54 Å². The summed E-state index contributed by atoms with van der Waals surface area (Å²) in [6, 6.07) is 1.68. The zero-order chi connectivity index (χ0) is 12.7. The van der Waals surface area contributed by atoms with Crippen LogP contribution in [-0.4, -0.2) is 31.3 Å². The molecule has 0 spiro atoms. The molecule has 1 atom stereocenters. The van der Waals surface area contributed by atoms with Crippen LogP contribution in [0.5, 0.6) is 0 Å². The molecule has 0 aliphatic carbocycles. The molecule has 0 bridgehead atoms. The summed E-state index contributed by atoms with van der Waals surface area (Å²) in [4.78, 5) is 3.98. The summed E-state index contributed by atoms with van der Waals surface area (Å²) in [5, 5.41) is 6.03. The van der Waals surface area contributed by atoms with Crippen molar-refractivity contribution in [1.82, 2.24) is 10.3 Å². The molecule has 1 rings (SSSR count). The fourth-order valence-electron chi connectivity index (χ4n) is 1.33. The molecule has 0 aromatic carbocycles. The van der Waals surface area contributed by atoms with E-state index in [1.807, 2.05) is 13.8 Å². The first-order chi connectivity index (χ1) is 8.19. The fraction of sp³-hybridized carbons (Fsp3) is 0.583. The average Bonchev–Trinajstić information content (AvgIpc) is 2.35. The van der Waals surface area contributed by atoms with Gasteiger partial charge in [0.15, 0.2) is 11.6 Å². The van der Waals surface area contributed by atoms with Crippen LogP contribution < -0.4 is 10.6 Å². The molecule has 0 amide bonds. The summed E-state index contributed by atoms with van der Waals surface area (Å²) in [6.07, 6.45) is 1.63. The number of methoxy groups -OCH3 is 1. The second-order valence-electron chi connectivity index (χ2n) is 3.84. The maximum atomic E-state index is 13.9. The van der Waals surface area contributed by atoms with Crippen LogP contribution in [-0.2, 0) is 11.3 Å². The number of pyridine rings is 1. The molecule has 96 valence electrons. The number of aromatic nitrogens is 1. The van der Waals surface area contributed by atoms with Crippen LogP contribution in [0.3, 0.4) is 0 Å². The van der Waals surface area contributed by atoms with Crippen molar-refractivity contribution in [2.75, 3.05) is 25.5 Å². The predicted molar refractivity (Wildman–Crippen MR) is 66.5 cm³/mol. The molecular formula is C12H20FN3O. The lowest BCUT2D eigenvalue weighted by atomic mass is 10.2. The Morgan fingerprint density at radius 1 is 1.53 bits per heavy atom. The molecule has 0 fully saturated rings. The van der Waals surface area contributed by atoms with Gasteiger partial charge in [-0.3, -0.25) is 0 Å². The van der Waals surface area contributed by atoms with E-state index in [9.17, 15) is 4.39 Å². The highest BCUT2D eigenvalue weighted by atomic mass is 19.1. The summed E-state index contributed by atoms with van der Waals surface area (Å²) in [6.45, 7) is 5.75. The quantitative estimate of drug-likeness (QED) is 0.764. The zero-order valence-corrected chi connectivity index (χ0v) is 10.6. The van der Waals surface area contributed by atoms with Crippen LogP contribution in [0.25, 0.3) is 0 Å². The topological polar surface area (TPSA) is 46.2 Å². The molecule has 2 N–H and O–H groups in total. The lowest BCUT2D eigenvalue weighted by Crippen LogP contribution is -2.20. The number of hydrogen-bond acceptors (Lipinski definition) is 4. The molecule has 0 saturated heterocycles. The molecular weight excluding hydrogens is 221 g/mol. The molecule has 1 heterocycles. The molecule has 17 heavy (non-hydrogen) atoms. The Morgan fingerprint density at radius 2 is 2.29 bits per heavy atom. The number of halogens is 1. The van der Waals surface area contributed by atoms with Crippen molar-refractivity contribution in [3.63, 3.8) is 0 Å². The SMILES string of the molecule is CCNCc1ccnc(NCC(C)OC)c1F. The summed E-state index contributed by atoms with van der Waals surface area (Å²) in [5.41, 5.74) is 0.620. The molecule has 0 saturated carbocycles. The lowest BCUT2D eigenvalue weighted by Gasteiger charge is -2.13. The molecule has 0 aliphatic heterocycles. The predicted octanol–water partition coefficient (Wildman–Crippen LogP) is 1.78. The van der Waals surface area contributed by atoms with E-state index in [4.69, 9.17) is 4.74 Å². The smallest absolute Gasteiger partial charge is 0.169 e. The minimum atomic E-state index is -0.295. The number of ether oxygens (including phenoxy) is 1. The van der Waals surface area contributed by atoms with Gasteiger partial charge in [0, 0.05) is 32.0 Å². The van der Waals surface area contributed by atoms with E-state index in [-0.39, 0.29) is 17.7 Å². The van der Waals surface area contributed by atoms with Crippen molar-refractivity contribution in [2.24, 2.45) is 0 Å². The Hall–Kier alpha value is -1.20. The van der Waals surface area contributed by atoms with E-state index in [1.54, 1.807) is 19.4 Å². The summed E-state index contributed by atoms with van der Waals surface area (Å²) >= 11 is 0. The van der Waals surface area contributed by atoms with E-state index in [0.29, 0.717) is 18.7 Å². The third-order valence-electron chi connectivity index (χ3n) is 2.49. The zero-order valence-electron chi connectivity index (χ0n) is 10.6. The van der Waals surface area contributed by atoms with Crippen molar-refractivity contribution in [2.45, 2.75) is 26.5 Å². The molecule has 0 aliphatic rings. The second kappa shape index (κ2) is 7.19. The molecule has 1 aromatic heterocycles. The second-order valence-corrected chi connectivity index (χ2v) is 3.84. The van der Waals surface area contributed by atoms with Crippen LogP contribution in [0, 0.1) is 5.82 Å². The highest BCUT2D eigenvalue weighted by molar-refractivity contribution is 5.39. The van der Waals surface area contributed by atoms with Gasteiger partial charge in [0.2, 0.25) is 0 Å². The number of hydrogen-bond donors (Lipinski definition) is 2. The summed E-state index contributed by atoms with van der Waals surface area (Å²) < 4.78 is 19.0. The monoisotopic (exact) mass is 241 g/mol. The standard InChI is InChI=1S/C12H20FN3O/c1-4-14-8-10-5-6-15-12(11(10)13)16-7-9(2)17-3/h5-6,9,14H,4,7-8H2,1-3H3,(H,15,16). The molecule has 1 aromatic rings. The minimum Gasteiger partial charge on any atom is -0.380 e. The molecule has 5 heteroatoms. The van der Waals surface area contributed by atoms with Gasteiger partial charge in [0.1, 0.15) is 0 Å². The van der Waals surface area contributed by atoms with Crippen molar-refractivity contribution in [1.29, 1.82) is 0 Å². The van der Waals surface area contributed by atoms with Crippen LogP contribution in [0.1, 0.15) is 19.4 Å². The Bertz CT molecular complexity index is 347. The third kappa shape index (κ3) is 4.28. The first kappa shape index (κ1) is 13.9. The average molecular weight is 241 g/mol. The van der Waals surface area contributed by atoms with Gasteiger partial charge >= 0.3 is 0 Å². The Labute approximate surface area is 102 Å². The number of nitrogens with zero attached hydrogens (tertiary/aromatic N) is 1. The summed E-state index contributed by atoms with van der Waals surface area (Å²) in [5.74, 6) is -0.0129. The van der Waals surface area contributed by atoms with Crippen molar-refractivity contribution < 1.29 is 9.13 Å². The molecule has 0 radical (unpaired) electrons. The van der Waals surface area contributed by atoms with Crippen LogP contribution in [0.15, 0.2) is 12.3 Å². The van der Waals surface area contributed by atoms with Gasteiger partial charge in [0.05, 0.1) is 6.10 Å². The Morgan fingerprint density at radius 3 is 2.94 bits per heavy atom. The normalized spacial score (nSPS) is 12.5. The minimum absolute atomic E-state index is 0.0219. The van der Waals surface area contributed by atoms with Crippen LogP contribution in [0.2, 0.25) is 0 Å². The molecule has 4 nitrogen and oxygen atoms in total. The van der Waals surface area contributed by atoms with Gasteiger partial charge in [-0.25, -0.2) is 9.37 Å². The largest absolute Gasteiger partial charge is 0.380 e. The van der Waals surface area contributed by atoms with E-state index in [1.165, 1.54) is 0 Å². The third-order valence-corrected chi connectivity index (χ3v) is 2.49. The Kier molecular flexibility index (Phi) is 5.86. The van der Waals surface area contributed by atoms with Crippen molar-refractivity contribution in [3.8, 4) is 0 Å². The highest BCUT2D eigenvalue weighted by Gasteiger charge is 2.09. The van der Waals surface area contributed by atoms with E-state index >= 15 is 0 Å². The number of nitrogens with one attached hydrogen (secondary N) is 2. The molecule has 1 unspecified atom stereocenters. The number of anilines is 1. The van der Waals surface area contributed by atoms with Crippen LogP contribution >= 0.6 is 0 Å². The van der Waals surface area contributed by atoms with Crippen LogP contribution in [0.4, 0.5) is 10.2 Å². The van der Waals surface area contributed by atoms with Gasteiger partial charge in [0.25, 0.3) is 0 Å². The fourth-order valence-corrected chi connectivity index (χ4v) is 1.33. The first-order valence-electron chi connectivity index (χ1n) is 5.79.